The molecule has 1 aromatic rings. The Labute approximate surface area is 123 Å². The molecule has 0 saturated carbocycles. The van der Waals surface area contributed by atoms with Crippen LogP contribution in [0.4, 0.5) is 13.2 Å². The molecule has 0 amide bonds. The molecule has 1 N–H and O–H groups in total. The van der Waals surface area contributed by atoms with E-state index in [1.165, 1.54) is 19.9 Å². The zero-order valence-electron chi connectivity index (χ0n) is 11.7. The molecule has 22 heavy (non-hydrogen) atoms. The van der Waals surface area contributed by atoms with E-state index in [1.807, 2.05) is 0 Å². The van der Waals surface area contributed by atoms with Crippen molar-refractivity contribution in [1.82, 2.24) is 0 Å². The average Bonchev–Trinajstić information content (AvgIpc) is 2.43. The maximum absolute atomic E-state index is 13.3. The fourth-order valence-electron chi connectivity index (χ4n) is 2.82. The first-order chi connectivity index (χ1) is 10.1. The highest BCUT2D eigenvalue weighted by atomic mass is 19.4. The van der Waals surface area contributed by atoms with Crippen molar-refractivity contribution in [1.29, 1.82) is 0 Å². The number of rotatable bonds is 0. The third kappa shape index (κ3) is 1.62. The van der Waals surface area contributed by atoms with Crippen LogP contribution in [0.2, 0.25) is 0 Å². The highest BCUT2D eigenvalue weighted by molar-refractivity contribution is 6.52. The van der Waals surface area contributed by atoms with Crippen molar-refractivity contribution in [2.75, 3.05) is 6.61 Å². The Kier molecular flexibility index (Phi) is 2.82. The average molecular weight is 312 g/mol. The second-order valence-electron chi connectivity index (χ2n) is 5.44. The number of Topliss-reactive ketones (excluding diaryl/α,β-unsaturated/α-hetero) is 2. The molecule has 1 aliphatic carbocycles. The lowest BCUT2D eigenvalue weighted by molar-refractivity contribution is -0.279. The van der Waals surface area contributed by atoms with Crippen molar-refractivity contribution in [2.45, 2.75) is 25.6 Å². The smallest absolute Gasteiger partial charge is 0.424 e. The van der Waals surface area contributed by atoms with Gasteiger partial charge in [0, 0.05) is 22.3 Å². The molecule has 1 unspecified atom stereocenters. The van der Waals surface area contributed by atoms with Gasteiger partial charge in [0.1, 0.15) is 12.4 Å². The summed E-state index contributed by atoms with van der Waals surface area (Å²) < 4.78 is 44.8. The number of alkyl halides is 3. The highest BCUT2D eigenvalue weighted by Gasteiger charge is 2.60. The van der Waals surface area contributed by atoms with Crippen molar-refractivity contribution >= 4 is 17.3 Å². The van der Waals surface area contributed by atoms with Crippen molar-refractivity contribution in [3.63, 3.8) is 0 Å². The molecule has 0 spiro atoms. The maximum atomic E-state index is 13.3. The number of aliphatic hydroxyl groups is 1. The van der Waals surface area contributed by atoms with E-state index in [4.69, 9.17) is 4.74 Å². The van der Waals surface area contributed by atoms with Crippen LogP contribution < -0.4 is 0 Å². The fourth-order valence-corrected chi connectivity index (χ4v) is 2.82. The number of allylic oxidation sites excluding steroid dienone is 1. The topological polar surface area (TPSA) is 63.6 Å². The van der Waals surface area contributed by atoms with Gasteiger partial charge in [0.2, 0.25) is 17.2 Å². The van der Waals surface area contributed by atoms with E-state index in [0.717, 1.165) is 6.07 Å². The molecule has 0 radical (unpaired) electrons. The van der Waals surface area contributed by atoms with Crippen LogP contribution in [0, 0.1) is 6.92 Å². The van der Waals surface area contributed by atoms with Crippen LogP contribution in [0.3, 0.4) is 0 Å². The molecule has 7 heteroatoms. The van der Waals surface area contributed by atoms with Crippen LogP contribution in [0.25, 0.3) is 5.76 Å². The minimum absolute atomic E-state index is 0.0476. The Bertz CT molecular complexity index is 761. The predicted octanol–water partition coefficient (Wildman–Crippen LogP) is 2.27. The summed E-state index contributed by atoms with van der Waals surface area (Å²) >= 11 is 0. The number of hydrogen-bond acceptors (Lipinski definition) is 4. The molecule has 0 bridgehead atoms. The van der Waals surface area contributed by atoms with Gasteiger partial charge in [-0.1, -0.05) is 12.1 Å². The van der Waals surface area contributed by atoms with Gasteiger partial charge in [-0.3, -0.25) is 9.59 Å². The van der Waals surface area contributed by atoms with Gasteiger partial charge >= 0.3 is 6.18 Å². The Morgan fingerprint density at radius 3 is 2.36 bits per heavy atom. The normalized spacial score (nSPS) is 24.3. The molecule has 1 aromatic carbocycles. The summed E-state index contributed by atoms with van der Waals surface area (Å²) in [5.41, 5.74) is -3.62. The SMILES string of the molecule is CC1=C2OCC(O)(C(F)(F)F)c3ccc(C)c(c32)C(=O)C1=O. The minimum Gasteiger partial charge on any atom is -0.489 e. The molecule has 2 aliphatic rings. The fraction of sp³-hybridized carbons (Fsp3) is 0.333. The molecule has 1 atom stereocenters. The summed E-state index contributed by atoms with van der Waals surface area (Å²) in [4.78, 5) is 24.1. The van der Waals surface area contributed by atoms with Crippen LogP contribution in [0.5, 0.6) is 0 Å². The zero-order chi connectivity index (χ0) is 16.4. The molecule has 0 saturated heterocycles. The molecule has 1 heterocycles. The molecule has 0 fully saturated rings. The second-order valence-corrected chi connectivity index (χ2v) is 5.44. The molecule has 3 rings (SSSR count). The quantitative estimate of drug-likeness (QED) is 0.747. The molecular formula is C15H11F3O4. The first kappa shape index (κ1) is 14.8. The van der Waals surface area contributed by atoms with Gasteiger partial charge in [-0.05, 0) is 19.4 Å². The van der Waals surface area contributed by atoms with E-state index in [1.54, 1.807) is 0 Å². The highest BCUT2D eigenvalue weighted by Crippen LogP contribution is 2.49. The zero-order valence-corrected chi connectivity index (χ0v) is 11.7. The number of ether oxygens (including phenoxy) is 1. The van der Waals surface area contributed by atoms with E-state index in [2.05, 4.69) is 0 Å². The summed E-state index contributed by atoms with van der Waals surface area (Å²) in [5, 5.41) is 10.1. The van der Waals surface area contributed by atoms with E-state index in [-0.39, 0.29) is 22.5 Å². The van der Waals surface area contributed by atoms with Crippen molar-refractivity contribution in [3.8, 4) is 0 Å². The van der Waals surface area contributed by atoms with Crippen molar-refractivity contribution in [2.24, 2.45) is 0 Å². The lowest BCUT2D eigenvalue weighted by Gasteiger charge is -2.39. The van der Waals surface area contributed by atoms with Gasteiger partial charge < -0.3 is 9.84 Å². The van der Waals surface area contributed by atoms with Gasteiger partial charge in [-0.25, -0.2) is 0 Å². The van der Waals surface area contributed by atoms with Crippen molar-refractivity contribution < 1.29 is 32.6 Å². The number of aryl methyl sites for hydroxylation is 1. The molecule has 0 aromatic heterocycles. The Hall–Kier alpha value is -2.15. The van der Waals surface area contributed by atoms with Gasteiger partial charge in [-0.15, -0.1) is 0 Å². The molecular weight excluding hydrogens is 301 g/mol. The second kappa shape index (κ2) is 4.19. The van der Waals surface area contributed by atoms with Crippen LogP contribution in [-0.4, -0.2) is 29.5 Å². The number of carbonyl (C=O) groups excluding carboxylic acids is 2. The van der Waals surface area contributed by atoms with Crippen LogP contribution >= 0.6 is 0 Å². The van der Waals surface area contributed by atoms with E-state index < -0.39 is 35.5 Å². The number of carbonyl (C=O) groups is 2. The minimum atomic E-state index is -4.97. The van der Waals surface area contributed by atoms with E-state index in [0.29, 0.717) is 5.56 Å². The van der Waals surface area contributed by atoms with Crippen LogP contribution in [0.1, 0.15) is 34.0 Å². The monoisotopic (exact) mass is 312 g/mol. The largest absolute Gasteiger partial charge is 0.489 e. The number of ketones is 2. The van der Waals surface area contributed by atoms with Gasteiger partial charge in [-0.2, -0.15) is 13.2 Å². The van der Waals surface area contributed by atoms with Crippen molar-refractivity contribution in [3.05, 3.63) is 40.0 Å². The van der Waals surface area contributed by atoms with Crippen LogP contribution in [0.15, 0.2) is 17.7 Å². The number of hydrogen-bond donors (Lipinski definition) is 1. The number of benzene rings is 1. The van der Waals surface area contributed by atoms with Gasteiger partial charge in [0.25, 0.3) is 0 Å². The van der Waals surface area contributed by atoms with E-state index in [9.17, 15) is 27.9 Å². The first-order valence-electron chi connectivity index (χ1n) is 6.46. The summed E-state index contributed by atoms with van der Waals surface area (Å²) in [6.07, 6.45) is -4.97. The lowest BCUT2D eigenvalue weighted by Crippen LogP contribution is -2.50. The molecule has 4 nitrogen and oxygen atoms in total. The van der Waals surface area contributed by atoms with Crippen LogP contribution in [-0.2, 0) is 15.1 Å². The van der Waals surface area contributed by atoms with Gasteiger partial charge in [0.15, 0.2) is 0 Å². The third-order valence-corrected chi connectivity index (χ3v) is 4.10. The predicted molar refractivity (Wildman–Crippen MR) is 69.0 cm³/mol. The molecule has 1 aliphatic heterocycles. The van der Waals surface area contributed by atoms with E-state index >= 15 is 0 Å². The number of halogens is 3. The lowest BCUT2D eigenvalue weighted by atomic mass is 9.77. The Morgan fingerprint density at radius 2 is 1.77 bits per heavy atom. The first-order valence-corrected chi connectivity index (χ1v) is 6.46. The summed E-state index contributed by atoms with van der Waals surface area (Å²) in [6.45, 7) is 1.78. The molecule has 116 valence electrons. The van der Waals surface area contributed by atoms with Gasteiger partial charge in [0.05, 0.1) is 0 Å². The Morgan fingerprint density at radius 1 is 1.14 bits per heavy atom. The summed E-state index contributed by atoms with van der Waals surface area (Å²) in [5.74, 6) is -1.75. The summed E-state index contributed by atoms with van der Waals surface area (Å²) in [6, 6.07) is 2.42. The maximum Gasteiger partial charge on any atom is 0.424 e. The summed E-state index contributed by atoms with van der Waals surface area (Å²) in [7, 11) is 0. The standard InChI is InChI=1S/C15H11F3O4/c1-6-3-4-8-10-9(6)12(20)11(19)7(2)13(10)22-5-14(8,21)15(16,17)18/h3-4,21H,5H2,1-2H3. The Balaban J connectivity index is 2.43. The third-order valence-electron chi connectivity index (χ3n) is 4.10.